The summed E-state index contributed by atoms with van der Waals surface area (Å²) in [4.78, 5) is 0. The van der Waals surface area contributed by atoms with E-state index in [1.54, 1.807) is 6.82 Å². The highest BCUT2D eigenvalue weighted by molar-refractivity contribution is 6.52. The highest BCUT2D eigenvalue weighted by Gasteiger charge is 2.18. The molecule has 5 nitrogen and oxygen atoms in total. The van der Waals surface area contributed by atoms with Crippen LogP contribution in [0.4, 0.5) is 11.5 Å². The number of nitrogens with two attached hydrogens (primary N) is 1. The molecule has 0 aliphatic rings. The Balaban J connectivity index is 2.12. The highest BCUT2D eigenvalue weighted by atomic mass is 16.2. The maximum atomic E-state index is 9.45. The van der Waals surface area contributed by atoms with Crippen molar-refractivity contribution < 1.29 is 5.02 Å². The van der Waals surface area contributed by atoms with Crippen LogP contribution in [0.25, 0.3) is 0 Å². The van der Waals surface area contributed by atoms with Crippen LogP contribution in [0.3, 0.4) is 0 Å². The van der Waals surface area contributed by atoms with E-state index in [9.17, 15) is 5.02 Å². The fraction of sp³-hybridized carbons (Fsp3) is 0.471. The molecule has 0 amide bonds. The number of aryl methyl sites for hydroxylation is 3. The lowest BCUT2D eigenvalue weighted by Crippen LogP contribution is -2.24. The van der Waals surface area contributed by atoms with E-state index in [2.05, 4.69) is 50.2 Å². The number of hydrogen-bond donors (Lipinski definition) is 3. The Morgan fingerprint density at radius 2 is 1.96 bits per heavy atom. The van der Waals surface area contributed by atoms with E-state index >= 15 is 0 Å². The lowest BCUT2D eigenvalue weighted by atomic mass is 9.88. The molecule has 0 aliphatic carbocycles. The van der Waals surface area contributed by atoms with Gasteiger partial charge in [0, 0.05) is 11.8 Å². The number of hydrogen-bond acceptors (Lipinski definition) is 4. The largest absolute Gasteiger partial charge is 0.433 e. The van der Waals surface area contributed by atoms with Gasteiger partial charge in [0.2, 0.25) is 0 Å². The molecule has 124 valence electrons. The monoisotopic (exact) mass is 314 g/mol. The summed E-state index contributed by atoms with van der Waals surface area (Å²) in [5, 5.41) is 17.1. The minimum Gasteiger partial charge on any atom is -0.433 e. The van der Waals surface area contributed by atoms with Gasteiger partial charge in [-0.15, -0.1) is 0 Å². The molecular formula is C17H27BN4O. The van der Waals surface area contributed by atoms with Gasteiger partial charge < -0.3 is 16.0 Å². The number of aromatic nitrogens is 2. The third-order valence-electron chi connectivity index (χ3n) is 3.80. The molecule has 0 radical (unpaired) electrons. The van der Waals surface area contributed by atoms with E-state index in [1.807, 2.05) is 16.8 Å². The number of benzene rings is 1. The SMILES string of the molecule is CB(O)Nc1ccc(C)c(CCc2cc(N)n(C(C)(C)C)n2)c1. The number of rotatable bonds is 5. The average molecular weight is 314 g/mol. The second kappa shape index (κ2) is 6.66. The summed E-state index contributed by atoms with van der Waals surface area (Å²) >= 11 is 0. The Morgan fingerprint density at radius 3 is 2.52 bits per heavy atom. The molecule has 0 unspecified atom stereocenters. The molecule has 2 rings (SSSR count). The smallest absolute Gasteiger partial charge is 0.406 e. The Labute approximate surface area is 139 Å². The number of nitrogens with one attached hydrogen (secondary N) is 1. The minimum absolute atomic E-state index is 0.112. The van der Waals surface area contributed by atoms with Crippen LogP contribution >= 0.6 is 0 Å². The zero-order valence-corrected chi connectivity index (χ0v) is 14.7. The summed E-state index contributed by atoms with van der Waals surface area (Å²) in [7, 11) is -0.562. The van der Waals surface area contributed by atoms with Crippen molar-refractivity contribution in [3.63, 3.8) is 0 Å². The molecule has 1 aromatic heterocycles. The van der Waals surface area contributed by atoms with Crippen LogP contribution in [0.2, 0.25) is 6.82 Å². The fourth-order valence-electron chi connectivity index (χ4n) is 2.64. The molecule has 0 saturated heterocycles. The predicted octanol–water partition coefficient (Wildman–Crippen LogP) is 2.84. The molecule has 1 aromatic carbocycles. The fourth-order valence-corrected chi connectivity index (χ4v) is 2.64. The van der Waals surface area contributed by atoms with Crippen molar-refractivity contribution in [2.24, 2.45) is 0 Å². The molecule has 2 aromatic rings. The van der Waals surface area contributed by atoms with Gasteiger partial charge in [-0.05, 0) is 70.6 Å². The van der Waals surface area contributed by atoms with Crippen molar-refractivity contribution in [1.82, 2.24) is 9.78 Å². The van der Waals surface area contributed by atoms with Gasteiger partial charge in [0.25, 0.3) is 0 Å². The standard InChI is InChI=1S/C17H27BN4O/c1-12-6-8-14(20-18(5)23)10-13(12)7-9-15-11-16(19)22(21-15)17(2,3)4/h6,8,10-11,20,23H,7,9,19H2,1-5H3. The maximum Gasteiger partial charge on any atom is 0.406 e. The number of nitrogens with zero attached hydrogens (tertiary/aromatic N) is 2. The van der Waals surface area contributed by atoms with Crippen LogP contribution in [-0.4, -0.2) is 21.9 Å². The van der Waals surface area contributed by atoms with Crippen molar-refractivity contribution in [3.8, 4) is 0 Å². The summed E-state index contributed by atoms with van der Waals surface area (Å²) < 4.78 is 1.88. The van der Waals surface area contributed by atoms with Crippen LogP contribution in [0.5, 0.6) is 0 Å². The van der Waals surface area contributed by atoms with Crippen molar-refractivity contribution in [1.29, 1.82) is 0 Å². The molecular weight excluding hydrogens is 287 g/mol. The van der Waals surface area contributed by atoms with Gasteiger partial charge in [-0.2, -0.15) is 5.10 Å². The second-order valence-electron chi connectivity index (χ2n) is 7.10. The van der Waals surface area contributed by atoms with E-state index in [-0.39, 0.29) is 5.54 Å². The second-order valence-corrected chi connectivity index (χ2v) is 7.10. The van der Waals surface area contributed by atoms with E-state index in [1.165, 1.54) is 11.1 Å². The van der Waals surface area contributed by atoms with E-state index < -0.39 is 7.05 Å². The topological polar surface area (TPSA) is 76.1 Å². The molecule has 0 bridgehead atoms. The first-order chi connectivity index (χ1) is 10.7. The Kier molecular flexibility index (Phi) is 5.04. The lowest BCUT2D eigenvalue weighted by molar-refractivity contribution is 0.359. The van der Waals surface area contributed by atoms with E-state index in [0.29, 0.717) is 5.82 Å². The van der Waals surface area contributed by atoms with Crippen molar-refractivity contribution in [2.75, 3.05) is 11.0 Å². The normalized spacial score (nSPS) is 11.6. The number of anilines is 2. The molecule has 6 heteroatoms. The molecule has 0 atom stereocenters. The molecule has 1 heterocycles. The van der Waals surface area contributed by atoms with E-state index in [4.69, 9.17) is 5.73 Å². The van der Waals surface area contributed by atoms with Gasteiger partial charge >= 0.3 is 7.05 Å². The minimum atomic E-state index is -0.562. The molecule has 0 spiro atoms. The van der Waals surface area contributed by atoms with Gasteiger partial charge in [-0.25, -0.2) is 4.68 Å². The van der Waals surface area contributed by atoms with Crippen LogP contribution in [0.15, 0.2) is 24.3 Å². The first-order valence-corrected chi connectivity index (χ1v) is 8.06. The summed E-state index contributed by atoms with van der Waals surface area (Å²) in [6.07, 6.45) is 1.73. The molecule has 0 fully saturated rings. The Bertz CT molecular complexity index is 674. The first kappa shape index (κ1) is 17.4. The zero-order chi connectivity index (χ0) is 17.2. The summed E-state index contributed by atoms with van der Waals surface area (Å²) in [6, 6.07) is 8.10. The van der Waals surface area contributed by atoms with Crippen molar-refractivity contribution in [2.45, 2.75) is 52.9 Å². The van der Waals surface area contributed by atoms with Crippen LogP contribution in [0.1, 0.15) is 37.6 Å². The zero-order valence-electron chi connectivity index (χ0n) is 14.7. The third-order valence-corrected chi connectivity index (χ3v) is 3.80. The Hall–Kier alpha value is -1.95. The molecule has 0 aliphatic heterocycles. The van der Waals surface area contributed by atoms with Gasteiger partial charge in [0.1, 0.15) is 5.82 Å². The molecule has 4 N–H and O–H groups in total. The third kappa shape index (κ3) is 4.51. The van der Waals surface area contributed by atoms with E-state index in [0.717, 1.165) is 24.2 Å². The van der Waals surface area contributed by atoms with Gasteiger partial charge in [-0.1, -0.05) is 6.07 Å². The predicted molar refractivity (Wildman–Crippen MR) is 97.7 cm³/mol. The van der Waals surface area contributed by atoms with Crippen LogP contribution in [-0.2, 0) is 18.4 Å². The highest BCUT2D eigenvalue weighted by Crippen LogP contribution is 2.21. The quantitative estimate of drug-likeness (QED) is 0.742. The summed E-state index contributed by atoms with van der Waals surface area (Å²) in [5.41, 5.74) is 10.4. The lowest BCUT2D eigenvalue weighted by Gasteiger charge is -2.20. The average Bonchev–Trinajstić information content (AvgIpc) is 2.80. The molecule has 23 heavy (non-hydrogen) atoms. The maximum absolute atomic E-state index is 9.45. The van der Waals surface area contributed by atoms with Gasteiger partial charge in [0.05, 0.1) is 11.2 Å². The van der Waals surface area contributed by atoms with Gasteiger partial charge in [0.15, 0.2) is 0 Å². The van der Waals surface area contributed by atoms with Crippen LogP contribution in [0, 0.1) is 6.92 Å². The van der Waals surface area contributed by atoms with Crippen molar-refractivity contribution in [3.05, 3.63) is 41.1 Å². The van der Waals surface area contributed by atoms with Crippen LogP contribution < -0.4 is 11.0 Å². The summed E-state index contributed by atoms with van der Waals surface area (Å²) in [6.45, 7) is 10.1. The number of nitrogen functional groups attached to an aromatic ring is 1. The first-order valence-electron chi connectivity index (χ1n) is 8.06. The summed E-state index contributed by atoms with van der Waals surface area (Å²) in [5.74, 6) is 0.703. The van der Waals surface area contributed by atoms with Gasteiger partial charge in [-0.3, -0.25) is 0 Å². The molecule has 0 saturated carbocycles. The Morgan fingerprint density at radius 1 is 1.26 bits per heavy atom. The van der Waals surface area contributed by atoms with Crippen molar-refractivity contribution >= 4 is 18.6 Å².